The lowest BCUT2D eigenvalue weighted by Crippen LogP contribution is -2.33. The lowest BCUT2D eigenvalue weighted by molar-refractivity contribution is 0.0352. The molecule has 3 heterocycles. The molecule has 1 aliphatic carbocycles. The van der Waals surface area contributed by atoms with E-state index < -0.39 is 0 Å². The molecule has 3 aliphatic rings. The number of nitrogens with one attached hydrogen (secondary N) is 1. The molecule has 0 radical (unpaired) electrons. The molecule has 0 unspecified atom stereocenters. The second-order valence-electron chi connectivity index (χ2n) is 7.03. The molecule has 1 atom stereocenters. The highest BCUT2D eigenvalue weighted by Gasteiger charge is 2.27. The first kappa shape index (κ1) is 14.7. The van der Waals surface area contributed by atoms with Gasteiger partial charge in [-0.15, -0.1) is 0 Å². The monoisotopic (exact) mass is 305 g/mol. The van der Waals surface area contributed by atoms with Crippen LogP contribution in [-0.4, -0.2) is 42.7 Å². The van der Waals surface area contributed by atoms with Gasteiger partial charge in [-0.2, -0.15) is 5.10 Å². The smallest absolute Gasteiger partial charge is 0.114 e. The Morgan fingerprint density at radius 3 is 2.77 bits per heavy atom. The van der Waals surface area contributed by atoms with Crippen molar-refractivity contribution >= 4 is 0 Å². The van der Waals surface area contributed by atoms with Gasteiger partial charge in [-0.1, -0.05) is 0 Å². The van der Waals surface area contributed by atoms with Crippen LogP contribution in [0.15, 0.2) is 6.20 Å². The minimum atomic E-state index is 0.129. The van der Waals surface area contributed by atoms with Gasteiger partial charge in [-0.25, -0.2) is 0 Å². The highest BCUT2D eigenvalue weighted by molar-refractivity contribution is 5.22. The van der Waals surface area contributed by atoms with Crippen molar-refractivity contribution in [2.75, 3.05) is 32.9 Å². The first-order valence-corrected chi connectivity index (χ1v) is 8.85. The fourth-order valence-electron chi connectivity index (χ4n) is 3.51. The van der Waals surface area contributed by atoms with Gasteiger partial charge in [0.25, 0.3) is 0 Å². The Morgan fingerprint density at radius 2 is 1.95 bits per heavy atom. The SMILES string of the molecule is c1c2c(nn1CC1CC1)[C@H](CNCC1CCOCC1)OCC2. The zero-order valence-electron chi connectivity index (χ0n) is 13.3. The van der Waals surface area contributed by atoms with E-state index >= 15 is 0 Å². The Morgan fingerprint density at radius 1 is 1.09 bits per heavy atom. The third-order valence-corrected chi connectivity index (χ3v) is 5.11. The van der Waals surface area contributed by atoms with Crippen molar-refractivity contribution in [2.24, 2.45) is 11.8 Å². The lowest BCUT2D eigenvalue weighted by atomic mass is 10.00. The summed E-state index contributed by atoms with van der Waals surface area (Å²) in [7, 11) is 0. The molecule has 0 bridgehead atoms. The summed E-state index contributed by atoms with van der Waals surface area (Å²) in [6.45, 7) is 5.71. The molecule has 22 heavy (non-hydrogen) atoms. The third-order valence-electron chi connectivity index (χ3n) is 5.11. The molecule has 0 amide bonds. The van der Waals surface area contributed by atoms with E-state index in [0.717, 1.165) is 57.7 Å². The van der Waals surface area contributed by atoms with E-state index in [2.05, 4.69) is 16.2 Å². The van der Waals surface area contributed by atoms with Gasteiger partial charge in [-0.3, -0.25) is 4.68 Å². The largest absolute Gasteiger partial charge is 0.381 e. The predicted molar refractivity (Wildman–Crippen MR) is 83.8 cm³/mol. The van der Waals surface area contributed by atoms with Crippen LogP contribution in [0.3, 0.4) is 0 Å². The van der Waals surface area contributed by atoms with E-state index in [1.807, 2.05) is 0 Å². The summed E-state index contributed by atoms with van der Waals surface area (Å²) in [5.74, 6) is 1.62. The minimum absolute atomic E-state index is 0.129. The molecular weight excluding hydrogens is 278 g/mol. The highest BCUT2D eigenvalue weighted by atomic mass is 16.5. The number of hydrogen-bond acceptors (Lipinski definition) is 4. The number of rotatable bonds is 6. The Kier molecular flexibility index (Phi) is 4.46. The van der Waals surface area contributed by atoms with Gasteiger partial charge in [0.1, 0.15) is 6.10 Å². The number of aromatic nitrogens is 2. The van der Waals surface area contributed by atoms with E-state index in [9.17, 15) is 0 Å². The van der Waals surface area contributed by atoms with Gasteiger partial charge in [0.05, 0.1) is 12.3 Å². The van der Waals surface area contributed by atoms with Crippen molar-refractivity contribution in [3.63, 3.8) is 0 Å². The summed E-state index contributed by atoms with van der Waals surface area (Å²) in [5.41, 5.74) is 2.57. The molecular formula is C17H27N3O2. The standard InChI is InChI=1S/C17H27N3O2/c1-2-14(1)11-20-12-15-5-8-22-16(17(15)19-20)10-18-9-13-3-6-21-7-4-13/h12-14,16,18H,1-11H2/t16-/m0/s1. The van der Waals surface area contributed by atoms with E-state index in [4.69, 9.17) is 14.6 Å². The maximum Gasteiger partial charge on any atom is 0.114 e. The molecule has 4 rings (SSSR count). The second-order valence-corrected chi connectivity index (χ2v) is 7.03. The van der Waals surface area contributed by atoms with Gasteiger partial charge >= 0.3 is 0 Å². The minimum Gasteiger partial charge on any atom is -0.381 e. The van der Waals surface area contributed by atoms with Crippen molar-refractivity contribution in [1.82, 2.24) is 15.1 Å². The average molecular weight is 305 g/mol. The molecule has 0 aromatic carbocycles. The van der Waals surface area contributed by atoms with Crippen LogP contribution in [0, 0.1) is 11.8 Å². The van der Waals surface area contributed by atoms with Crippen LogP contribution in [0.4, 0.5) is 0 Å². The maximum absolute atomic E-state index is 5.96. The molecule has 1 aromatic rings. The van der Waals surface area contributed by atoms with Gasteiger partial charge in [-0.05, 0) is 56.0 Å². The maximum atomic E-state index is 5.96. The zero-order chi connectivity index (χ0) is 14.8. The number of ether oxygens (including phenoxy) is 2. The first-order valence-electron chi connectivity index (χ1n) is 8.85. The van der Waals surface area contributed by atoms with Crippen LogP contribution in [0.2, 0.25) is 0 Å². The summed E-state index contributed by atoms with van der Waals surface area (Å²) < 4.78 is 13.5. The second kappa shape index (κ2) is 6.69. The lowest BCUT2D eigenvalue weighted by Gasteiger charge is -2.25. The summed E-state index contributed by atoms with van der Waals surface area (Å²) in [5, 5.41) is 8.41. The van der Waals surface area contributed by atoms with E-state index in [0.29, 0.717) is 0 Å². The summed E-state index contributed by atoms with van der Waals surface area (Å²) in [6, 6.07) is 0. The Labute approximate surface area is 132 Å². The van der Waals surface area contributed by atoms with Gasteiger partial charge in [0, 0.05) is 32.5 Å². The number of nitrogens with zero attached hydrogens (tertiary/aromatic N) is 2. The van der Waals surface area contributed by atoms with E-state index in [-0.39, 0.29) is 6.10 Å². The Hall–Kier alpha value is -0.910. The van der Waals surface area contributed by atoms with Crippen LogP contribution in [-0.2, 0) is 22.4 Å². The van der Waals surface area contributed by atoms with Crippen molar-refractivity contribution in [3.05, 3.63) is 17.5 Å². The number of hydrogen-bond donors (Lipinski definition) is 1. The fourth-order valence-corrected chi connectivity index (χ4v) is 3.51. The van der Waals surface area contributed by atoms with Crippen LogP contribution in [0.5, 0.6) is 0 Å². The van der Waals surface area contributed by atoms with Crippen molar-refractivity contribution in [2.45, 2.75) is 44.8 Å². The molecule has 1 saturated carbocycles. The summed E-state index contributed by atoms with van der Waals surface area (Å²) in [4.78, 5) is 0. The first-order chi connectivity index (χ1) is 10.9. The highest BCUT2D eigenvalue weighted by Crippen LogP contribution is 2.32. The molecule has 2 aliphatic heterocycles. The molecule has 122 valence electrons. The summed E-state index contributed by atoms with van der Waals surface area (Å²) >= 11 is 0. The third kappa shape index (κ3) is 3.53. The molecule has 5 nitrogen and oxygen atoms in total. The topological polar surface area (TPSA) is 48.3 Å². The Bertz CT molecular complexity index is 492. The van der Waals surface area contributed by atoms with Crippen LogP contribution in [0.25, 0.3) is 0 Å². The van der Waals surface area contributed by atoms with Crippen molar-refractivity contribution < 1.29 is 9.47 Å². The van der Waals surface area contributed by atoms with E-state index in [1.54, 1.807) is 0 Å². The van der Waals surface area contributed by atoms with E-state index in [1.165, 1.54) is 36.9 Å². The Balaban J connectivity index is 1.31. The van der Waals surface area contributed by atoms with Crippen LogP contribution < -0.4 is 5.32 Å². The van der Waals surface area contributed by atoms with Crippen LogP contribution in [0.1, 0.15) is 43.0 Å². The normalized spacial score (nSPS) is 26.1. The van der Waals surface area contributed by atoms with Crippen molar-refractivity contribution in [3.8, 4) is 0 Å². The average Bonchev–Trinajstić information content (AvgIpc) is 3.25. The van der Waals surface area contributed by atoms with Crippen molar-refractivity contribution in [1.29, 1.82) is 0 Å². The van der Waals surface area contributed by atoms with Crippen LogP contribution >= 0.6 is 0 Å². The molecule has 5 heteroatoms. The quantitative estimate of drug-likeness (QED) is 0.872. The predicted octanol–water partition coefficient (Wildman–Crippen LogP) is 1.92. The molecule has 2 fully saturated rings. The van der Waals surface area contributed by atoms with Gasteiger partial charge in [0.2, 0.25) is 0 Å². The molecule has 1 N–H and O–H groups in total. The molecule has 1 aromatic heterocycles. The zero-order valence-corrected chi connectivity index (χ0v) is 13.3. The molecule has 1 saturated heterocycles. The van der Waals surface area contributed by atoms with Gasteiger partial charge < -0.3 is 14.8 Å². The molecule has 0 spiro atoms. The summed E-state index contributed by atoms with van der Waals surface area (Å²) in [6.07, 6.45) is 8.50. The fraction of sp³-hybridized carbons (Fsp3) is 0.824. The van der Waals surface area contributed by atoms with Gasteiger partial charge in [0.15, 0.2) is 0 Å². The number of fused-ring (bicyclic) bond motifs is 1.